The van der Waals surface area contributed by atoms with E-state index in [1.807, 2.05) is 0 Å². The van der Waals surface area contributed by atoms with E-state index in [1.54, 1.807) is 0 Å². The molecule has 5 saturated heterocycles. The van der Waals surface area contributed by atoms with Crippen LogP contribution in [0.5, 0.6) is 0 Å². The second-order valence-corrected chi connectivity index (χ2v) is 6.34. The highest BCUT2D eigenvalue weighted by Gasteiger charge is 2.43. The highest BCUT2D eigenvalue weighted by molar-refractivity contribution is 4.99. The minimum absolute atomic E-state index is 0.910. The van der Waals surface area contributed by atoms with Crippen molar-refractivity contribution in [3.8, 4) is 0 Å². The van der Waals surface area contributed by atoms with Crippen LogP contribution >= 0.6 is 0 Å². The third-order valence-corrected chi connectivity index (χ3v) is 5.51. The monoisotopic (exact) mass is 221 g/mol. The lowest BCUT2D eigenvalue weighted by Crippen LogP contribution is -2.57. The zero-order chi connectivity index (χ0) is 10.5. The molecule has 3 unspecified atom stereocenters. The third-order valence-electron chi connectivity index (χ3n) is 5.51. The number of hydrogen-bond donors (Lipinski definition) is 1. The molecule has 1 N–H and O–H groups in total. The fraction of sp³-hybridized carbons (Fsp3) is 1.00. The molecule has 5 aliphatic heterocycles. The molecule has 2 bridgehead atoms. The van der Waals surface area contributed by atoms with Gasteiger partial charge in [0.15, 0.2) is 0 Å². The van der Waals surface area contributed by atoms with Crippen LogP contribution in [0.1, 0.15) is 12.8 Å². The molecular weight excluding hydrogens is 198 g/mol. The molecule has 0 amide bonds. The van der Waals surface area contributed by atoms with Gasteiger partial charge < -0.3 is 10.2 Å². The van der Waals surface area contributed by atoms with Gasteiger partial charge in [-0.15, -0.1) is 0 Å². The Bertz CT molecular complexity index is 260. The SMILES string of the molecule is C1NCC2CN(C3CN4CCC3CC4)CC12. The van der Waals surface area contributed by atoms with E-state index in [0.29, 0.717) is 0 Å². The maximum atomic E-state index is 3.54. The summed E-state index contributed by atoms with van der Waals surface area (Å²) in [6.07, 6.45) is 2.93. The number of hydrogen-bond acceptors (Lipinski definition) is 3. The summed E-state index contributed by atoms with van der Waals surface area (Å²) >= 11 is 0. The van der Waals surface area contributed by atoms with Gasteiger partial charge in [0.2, 0.25) is 0 Å². The van der Waals surface area contributed by atoms with E-state index in [2.05, 4.69) is 15.1 Å². The van der Waals surface area contributed by atoms with Gasteiger partial charge in [-0.25, -0.2) is 0 Å². The first-order chi connectivity index (χ1) is 7.90. The molecule has 3 heteroatoms. The summed E-state index contributed by atoms with van der Waals surface area (Å²) in [7, 11) is 0. The molecule has 90 valence electrons. The Labute approximate surface area is 98.2 Å². The highest BCUT2D eigenvalue weighted by atomic mass is 15.3. The van der Waals surface area contributed by atoms with E-state index in [0.717, 1.165) is 23.8 Å². The number of nitrogens with zero attached hydrogens (tertiary/aromatic N) is 2. The van der Waals surface area contributed by atoms with E-state index >= 15 is 0 Å². The van der Waals surface area contributed by atoms with Crippen LogP contribution in [0.3, 0.4) is 0 Å². The van der Waals surface area contributed by atoms with Crippen LogP contribution in [-0.4, -0.2) is 61.7 Å². The first-order valence-electron chi connectivity index (χ1n) is 7.07. The summed E-state index contributed by atoms with van der Waals surface area (Å²) < 4.78 is 0. The van der Waals surface area contributed by atoms with Crippen molar-refractivity contribution in [1.82, 2.24) is 15.1 Å². The van der Waals surface area contributed by atoms with Crippen LogP contribution in [-0.2, 0) is 0 Å². The fourth-order valence-corrected chi connectivity index (χ4v) is 4.51. The van der Waals surface area contributed by atoms with E-state index in [1.165, 1.54) is 58.7 Å². The van der Waals surface area contributed by atoms with Gasteiger partial charge in [0.25, 0.3) is 0 Å². The number of rotatable bonds is 1. The molecule has 0 aliphatic carbocycles. The van der Waals surface area contributed by atoms with E-state index in [-0.39, 0.29) is 0 Å². The molecule has 5 fully saturated rings. The second-order valence-electron chi connectivity index (χ2n) is 6.34. The summed E-state index contributed by atoms with van der Waals surface area (Å²) in [6, 6.07) is 0.910. The van der Waals surface area contributed by atoms with Crippen LogP contribution < -0.4 is 5.32 Å². The van der Waals surface area contributed by atoms with Crippen molar-refractivity contribution in [2.24, 2.45) is 17.8 Å². The molecule has 3 nitrogen and oxygen atoms in total. The molecule has 3 atom stereocenters. The quantitative estimate of drug-likeness (QED) is 0.684. The minimum Gasteiger partial charge on any atom is -0.316 e. The Hall–Kier alpha value is -0.120. The standard InChI is InChI=1S/C13H23N3/c1-3-15-4-2-10(1)13(9-15)16-7-11-5-14-6-12(11)8-16/h10-14H,1-9H2. The van der Waals surface area contributed by atoms with Crippen LogP contribution in [0.15, 0.2) is 0 Å². The summed E-state index contributed by atoms with van der Waals surface area (Å²) in [6.45, 7) is 9.45. The predicted molar refractivity (Wildman–Crippen MR) is 64.4 cm³/mol. The van der Waals surface area contributed by atoms with Crippen molar-refractivity contribution in [2.75, 3.05) is 45.8 Å². The van der Waals surface area contributed by atoms with Gasteiger partial charge in [0.1, 0.15) is 0 Å². The second kappa shape index (κ2) is 3.69. The average molecular weight is 221 g/mol. The molecule has 0 aromatic rings. The van der Waals surface area contributed by atoms with Gasteiger partial charge in [0.05, 0.1) is 0 Å². The van der Waals surface area contributed by atoms with Crippen molar-refractivity contribution in [2.45, 2.75) is 18.9 Å². The van der Waals surface area contributed by atoms with E-state index in [9.17, 15) is 0 Å². The predicted octanol–water partition coefficient (Wildman–Crippen LogP) is 0.232. The lowest BCUT2D eigenvalue weighted by molar-refractivity contribution is 0.0126. The molecule has 16 heavy (non-hydrogen) atoms. The molecule has 5 heterocycles. The van der Waals surface area contributed by atoms with Gasteiger partial charge in [0, 0.05) is 25.7 Å². The summed E-state index contributed by atoms with van der Waals surface area (Å²) in [5.41, 5.74) is 0. The van der Waals surface area contributed by atoms with Gasteiger partial charge >= 0.3 is 0 Å². The Morgan fingerprint density at radius 2 is 1.50 bits per heavy atom. The maximum absolute atomic E-state index is 3.54. The molecule has 0 aromatic heterocycles. The van der Waals surface area contributed by atoms with Crippen LogP contribution in [0, 0.1) is 17.8 Å². The topological polar surface area (TPSA) is 18.5 Å². The number of nitrogens with one attached hydrogen (secondary N) is 1. The van der Waals surface area contributed by atoms with Crippen molar-refractivity contribution in [3.63, 3.8) is 0 Å². The molecular formula is C13H23N3. The van der Waals surface area contributed by atoms with Gasteiger partial charge in [-0.3, -0.25) is 4.90 Å². The summed E-state index contributed by atoms with van der Waals surface area (Å²) in [5.74, 6) is 2.96. The summed E-state index contributed by atoms with van der Waals surface area (Å²) in [5, 5.41) is 3.54. The van der Waals surface area contributed by atoms with Crippen molar-refractivity contribution in [1.29, 1.82) is 0 Å². The fourth-order valence-electron chi connectivity index (χ4n) is 4.51. The molecule has 5 aliphatic rings. The lowest BCUT2D eigenvalue weighted by atomic mass is 9.83. The van der Waals surface area contributed by atoms with Crippen molar-refractivity contribution in [3.05, 3.63) is 0 Å². The average Bonchev–Trinajstić information content (AvgIpc) is 2.90. The Morgan fingerprint density at radius 1 is 0.812 bits per heavy atom. The Balaban J connectivity index is 1.47. The number of piperidine rings is 3. The Kier molecular flexibility index (Phi) is 2.27. The zero-order valence-corrected chi connectivity index (χ0v) is 10.1. The first kappa shape index (κ1) is 9.86. The smallest absolute Gasteiger partial charge is 0.0252 e. The maximum Gasteiger partial charge on any atom is 0.0252 e. The van der Waals surface area contributed by atoms with Crippen molar-refractivity contribution >= 4 is 0 Å². The summed E-state index contributed by atoms with van der Waals surface area (Å²) in [4.78, 5) is 5.53. The normalized spacial score (nSPS) is 52.1. The molecule has 0 aromatic carbocycles. The highest BCUT2D eigenvalue weighted by Crippen LogP contribution is 2.35. The van der Waals surface area contributed by atoms with Crippen LogP contribution in [0.2, 0.25) is 0 Å². The molecule has 0 spiro atoms. The Morgan fingerprint density at radius 3 is 2.06 bits per heavy atom. The van der Waals surface area contributed by atoms with Crippen molar-refractivity contribution < 1.29 is 0 Å². The molecule has 5 rings (SSSR count). The molecule has 0 saturated carbocycles. The minimum atomic E-state index is 0.910. The zero-order valence-electron chi connectivity index (χ0n) is 10.1. The molecule has 0 radical (unpaired) electrons. The van der Waals surface area contributed by atoms with Gasteiger partial charge in [-0.2, -0.15) is 0 Å². The van der Waals surface area contributed by atoms with Crippen LogP contribution in [0.4, 0.5) is 0 Å². The number of likely N-dealkylation sites (tertiary alicyclic amines) is 1. The van der Waals surface area contributed by atoms with Crippen LogP contribution in [0.25, 0.3) is 0 Å². The van der Waals surface area contributed by atoms with E-state index in [4.69, 9.17) is 0 Å². The van der Waals surface area contributed by atoms with E-state index < -0.39 is 0 Å². The third kappa shape index (κ3) is 1.45. The number of fused-ring (bicyclic) bond motifs is 4. The van der Waals surface area contributed by atoms with Gasteiger partial charge in [-0.1, -0.05) is 0 Å². The lowest BCUT2D eigenvalue weighted by Gasteiger charge is -2.48. The first-order valence-corrected chi connectivity index (χ1v) is 7.07. The largest absolute Gasteiger partial charge is 0.316 e. The van der Waals surface area contributed by atoms with Gasteiger partial charge in [-0.05, 0) is 56.8 Å².